The molecule has 5 heteroatoms. The first-order valence-electron chi connectivity index (χ1n) is 4.68. The lowest BCUT2D eigenvalue weighted by Crippen LogP contribution is -2.26. The Balaban J connectivity index is 2.30. The van der Waals surface area contributed by atoms with Crippen LogP contribution in [0.3, 0.4) is 0 Å². The fraction of sp³-hybridized carbons (Fsp3) is 0.300. The Kier molecular flexibility index (Phi) is 3.03. The van der Waals surface area contributed by atoms with Gasteiger partial charge in [-0.15, -0.1) is 0 Å². The van der Waals surface area contributed by atoms with Crippen molar-refractivity contribution >= 4 is 34.8 Å². The van der Waals surface area contributed by atoms with E-state index in [9.17, 15) is 0 Å². The van der Waals surface area contributed by atoms with E-state index in [1.807, 2.05) is 19.1 Å². The van der Waals surface area contributed by atoms with Crippen molar-refractivity contribution < 1.29 is 0 Å². The highest BCUT2D eigenvalue weighted by molar-refractivity contribution is 6.40. The van der Waals surface area contributed by atoms with Crippen LogP contribution in [0.15, 0.2) is 17.1 Å². The molecule has 0 bridgehead atoms. The second-order valence-electron chi connectivity index (χ2n) is 3.34. The van der Waals surface area contributed by atoms with Gasteiger partial charge in [0.05, 0.1) is 22.3 Å². The second kappa shape index (κ2) is 4.29. The van der Waals surface area contributed by atoms with Gasteiger partial charge in [0.2, 0.25) is 0 Å². The summed E-state index contributed by atoms with van der Waals surface area (Å²) in [6, 6.07) is 3.71. The molecule has 0 unspecified atom stereocenters. The zero-order valence-corrected chi connectivity index (χ0v) is 9.78. The zero-order chi connectivity index (χ0) is 10.8. The molecule has 1 aliphatic rings. The lowest BCUT2D eigenvalue weighted by atomic mass is 10.2. The number of guanidine groups is 1. The van der Waals surface area contributed by atoms with Crippen LogP contribution in [0.4, 0.5) is 5.69 Å². The topological polar surface area (TPSA) is 36.4 Å². The maximum atomic E-state index is 6.15. The number of rotatable bonds is 1. The minimum atomic E-state index is 0.599. The standard InChI is InChI=1S/C10H11Cl2N3/c1-6-2-3-7(11)9(8(6)12)15-10-13-4-5-14-10/h2-3H,4-5H2,1H3,(H2,13,14,15). The van der Waals surface area contributed by atoms with E-state index >= 15 is 0 Å². The number of hydrogen-bond acceptors (Lipinski definition) is 3. The van der Waals surface area contributed by atoms with Crippen LogP contribution in [0.5, 0.6) is 0 Å². The maximum Gasteiger partial charge on any atom is 0.196 e. The van der Waals surface area contributed by atoms with E-state index in [2.05, 4.69) is 15.6 Å². The monoisotopic (exact) mass is 243 g/mol. The van der Waals surface area contributed by atoms with Gasteiger partial charge in [-0.1, -0.05) is 29.3 Å². The van der Waals surface area contributed by atoms with Gasteiger partial charge < -0.3 is 10.6 Å². The van der Waals surface area contributed by atoms with Gasteiger partial charge >= 0.3 is 0 Å². The van der Waals surface area contributed by atoms with E-state index in [0.29, 0.717) is 15.7 Å². The summed E-state index contributed by atoms with van der Waals surface area (Å²) in [4.78, 5) is 4.22. The number of halogens is 2. The fourth-order valence-electron chi connectivity index (χ4n) is 1.37. The van der Waals surface area contributed by atoms with Crippen molar-refractivity contribution in [3.05, 3.63) is 27.7 Å². The van der Waals surface area contributed by atoms with E-state index in [4.69, 9.17) is 23.2 Å². The predicted octanol–water partition coefficient (Wildman–Crippen LogP) is 2.67. The first kappa shape index (κ1) is 10.6. The van der Waals surface area contributed by atoms with Crippen molar-refractivity contribution in [1.82, 2.24) is 5.32 Å². The lowest BCUT2D eigenvalue weighted by molar-refractivity contribution is 0.959. The Hall–Kier alpha value is -0.930. The van der Waals surface area contributed by atoms with E-state index in [1.165, 1.54) is 0 Å². The molecule has 1 heterocycles. The summed E-state index contributed by atoms with van der Waals surface area (Å²) in [5.74, 6) is 0.726. The molecular formula is C10H11Cl2N3. The summed E-state index contributed by atoms with van der Waals surface area (Å²) in [6.45, 7) is 3.57. The number of hydrogen-bond donors (Lipinski definition) is 2. The molecule has 2 N–H and O–H groups in total. The number of anilines is 1. The maximum absolute atomic E-state index is 6.15. The normalized spacial score (nSPS) is 14.7. The molecular weight excluding hydrogens is 233 g/mol. The molecule has 1 aromatic carbocycles. The number of aliphatic imine (C=N–C) groups is 1. The molecule has 0 aliphatic carbocycles. The minimum Gasteiger partial charge on any atom is -0.354 e. The molecule has 2 rings (SSSR count). The van der Waals surface area contributed by atoms with Crippen molar-refractivity contribution in [3.63, 3.8) is 0 Å². The Morgan fingerprint density at radius 1 is 1.40 bits per heavy atom. The molecule has 0 saturated heterocycles. The van der Waals surface area contributed by atoms with Gasteiger partial charge in [-0.25, -0.2) is 0 Å². The average molecular weight is 244 g/mol. The SMILES string of the molecule is Cc1ccc(Cl)c(NC2=NCCN2)c1Cl. The van der Waals surface area contributed by atoms with Crippen molar-refractivity contribution in [2.45, 2.75) is 6.92 Å². The van der Waals surface area contributed by atoms with Gasteiger partial charge in [-0.3, -0.25) is 4.99 Å². The van der Waals surface area contributed by atoms with Crippen LogP contribution in [0, 0.1) is 6.92 Å². The van der Waals surface area contributed by atoms with Crippen LogP contribution in [-0.4, -0.2) is 19.0 Å². The smallest absolute Gasteiger partial charge is 0.196 e. The van der Waals surface area contributed by atoms with Gasteiger partial charge in [-0.05, 0) is 18.6 Å². The van der Waals surface area contributed by atoms with E-state index in [0.717, 1.165) is 24.6 Å². The summed E-state index contributed by atoms with van der Waals surface area (Å²) in [7, 11) is 0. The molecule has 0 spiro atoms. The molecule has 0 amide bonds. The van der Waals surface area contributed by atoms with Crippen LogP contribution >= 0.6 is 23.2 Å². The quantitative estimate of drug-likeness (QED) is 0.796. The first-order chi connectivity index (χ1) is 7.18. The molecule has 0 aromatic heterocycles. The third-order valence-corrected chi connectivity index (χ3v) is 3.00. The molecule has 0 atom stereocenters. The van der Waals surface area contributed by atoms with Gasteiger partial charge in [0.25, 0.3) is 0 Å². The number of aryl methyl sites for hydroxylation is 1. The molecule has 0 saturated carbocycles. The third-order valence-electron chi connectivity index (χ3n) is 2.20. The Morgan fingerprint density at radius 2 is 2.20 bits per heavy atom. The van der Waals surface area contributed by atoms with Gasteiger partial charge in [0.15, 0.2) is 5.96 Å². The lowest BCUT2D eigenvalue weighted by Gasteiger charge is -2.11. The first-order valence-corrected chi connectivity index (χ1v) is 5.44. The Morgan fingerprint density at radius 3 is 2.87 bits per heavy atom. The summed E-state index contributed by atoms with van der Waals surface area (Å²) < 4.78 is 0. The van der Waals surface area contributed by atoms with E-state index < -0.39 is 0 Å². The van der Waals surface area contributed by atoms with Gasteiger partial charge in [-0.2, -0.15) is 0 Å². The van der Waals surface area contributed by atoms with Crippen LogP contribution < -0.4 is 10.6 Å². The third kappa shape index (κ3) is 2.19. The van der Waals surface area contributed by atoms with Crippen LogP contribution in [0.25, 0.3) is 0 Å². The van der Waals surface area contributed by atoms with Crippen molar-refractivity contribution in [3.8, 4) is 0 Å². The van der Waals surface area contributed by atoms with Gasteiger partial charge in [0.1, 0.15) is 0 Å². The number of nitrogens with zero attached hydrogens (tertiary/aromatic N) is 1. The number of benzene rings is 1. The van der Waals surface area contributed by atoms with Crippen LogP contribution in [0.2, 0.25) is 10.0 Å². The van der Waals surface area contributed by atoms with Crippen molar-refractivity contribution in [2.24, 2.45) is 4.99 Å². The molecule has 0 radical (unpaired) electrons. The number of nitrogens with one attached hydrogen (secondary N) is 2. The van der Waals surface area contributed by atoms with Crippen molar-refractivity contribution in [1.29, 1.82) is 0 Å². The highest BCUT2D eigenvalue weighted by atomic mass is 35.5. The Bertz CT molecular complexity index is 415. The second-order valence-corrected chi connectivity index (χ2v) is 4.12. The molecule has 15 heavy (non-hydrogen) atoms. The van der Waals surface area contributed by atoms with E-state index in [1.54, 1.807) is 0 Å². The van der Waals surface area contributed by atoms with Gasteiger partial charge in [0, 0.05) is 6.54 Å². The molecule has 1 aromatic rings. The summed E-state index contributed by atoms with van der Waals surface area (Å²) in [5, 5.41) is 7.43. The summed E-state index contributed by atoms with van der Waals surface area (Å²) in [5.41, 5.74) is 1.70. The zero-order valence-electron chi connectivity index (χ0n) is 8.27. The Labute approximate surface area is 98.5 Å². The molecule has 80 valence electrons. The van der Waals surface area contributed by atoms with Crippen LogP contribution in [0.1, 0.15) is 5.56 Å². The fourth-order valence-corrected chi connectivity index (χ4v) is 1.84. The van der Waals surface area contributed by atoms with E-state index in [-0.39, 0.29) is 0 Å². The molecule has 1 aliphatic heterocycles. The molecule has 0 fully saturated rings. The largest absolute Gasteiger partial charge is 0.354 e. The highest BCUT2D eigenvalue weighted by Gasteiger charge is 2.12. The minimum absolute atomic E-state index is 0.599. The van der Waals surface area contributed by atoms with Crippen LogP contribution in [-0.2, 0) is 0 Å². The summed E-state index contributed by atoms with van der Waals surface area (Å²) >= 11 is 12.2. The highest BCUT2D eigenvalue weighted by Crippen LogP contribution is 2.32. The predicted molar refractivity (Wildman–Crippen MR) is 65.1 cm³/mol. The molecule has 3 nitrogen and oxygen atoms in total. The summed E-state index contributed by atoms with van der Waals surface area (Å²) in [6.07, 6.45) is 0. The van der Waals surface area contributed by atoms with Crippen molar-refractivity contribution in [2.75, 3.05) is 18.4 Å². The average Bonchev–Trinajstić information content (AvgIpc) is 2.71.